The van der Waals surface area contributed by atoms with Gasteiger partial charge in [0, 0.05) is 18.2 Å². The van der Waals surface area contributed by atoms with Gasteiger partial charge in [-0.05, 0) is 37.3 Å². The van der Waals surface area contributed by atoms with Crippen LogP contribution in [0.15, 0.2) is 35.4 Å². The Morgan fingerprint density at radius 2 is 1.78 bits per heavy atom. The van der Waals surface area contributed by atoms with Crippen molar-refractivity contribution in [2.45, 2.75) is 75.6 Å². The van der Waals surface area contributed by atoms with Crippen LogP contribution in [0, 0.1) is 0 Å². The van der Waals surface area contributed by atoms with E-state index < -0.39 is 10.0 Å². The minimum absolute atomic E-state index is 0.323. The Morgan fingerprint density at radius 1 is 1.07 bits per heavy atom. The van der Waals surface area contributed by atoms with E-state index >= 15 is 0 Å². The first-order chi connectivity index (χ1) is 12.8. The van der Waals surface area contributed by atoms with E-state index in [-0.39, 0.29) is 5.41 Å². The summed E-state index contributed by atoms with van der Waals surface area (Å²) < 4.78 is 31.0. The number of anilines is 1. The minimum atomic E-state index is -3.65. The molecule has 0 unspecified atom stereocenters. The molecule has 6 heteroatoms. The van der Waals surface area contributed by atoms with Crippen molar-refractivity contribution in [3.63, 3.8) is 0 Å². The fraction of sp³-hybridized carbons (Fsp3) is 0.571. The maximum Gasteiger partial charge on any atom is 0.267 e. The number of sulfonamides is 1. The number of para-hydroxylation sites is 1. The highest BCUT2D eigenvalue weighted by atomic mass is 32.2. The molecule has 0 bridgehead atoms. The second kappa shape index (κ2) is 6.66. The number of benzene rings is 1. The molecule has 0 atom stereocenters. The maximum absolute atomic E-state index is 13.7. The van der Waals surface area contributed by atoms with Gasteiger partial charge in [0.25, 0.3) is 10.0 Å². The highest BCUT2D eigenvalue weighted by molar-refractivity contribution is 7.92. The van der Waals surface area contributed by atoms with Crippen molar-refractivity contribution < 1.29 is 8.42 Å². The van der Waals surface area contributed by atoms with Crippen LogP contribution < -0.4 is 4.31 Å². The minimum Gasteiger partial charge on any atom is -0.268 e. The van der Waals surface area contributed by atoms with Crippen LogP contribution in [0.3, 0.4) is 0 Å². The average Bonchev–Trinajstić information content (AvgIpc) is 3.30. The predicted octanol–water partition coefficient (Wildman–Crippen LogP) is 4.44. The maximum atomic E-state index is 13.7. The predicted molar refractivity (Wildman–Crippen MR) is 108 cm³/mol. The Kier molecular flexibility index (Phi) is 4.57. The molecule has 2 aromatic rings. The molecule has 1 saturated carbocycles. The van der Waals surface area contributed by atoms with Gasteiger partial charge in [-0.15, -0.1) is 0 Å². The van der Waals surface area contributed by atoms with Crippen molar-refractivity contribution in [2.24, 2.45) is 0 Å². The Balaban J connectivity index is 1.82. The fourth-order valence-corrected chi connectivity index (χ4v) is 6.18. The summed E-state index contributed by atoms with van der Waals surface area (Å²) in [6, 6.07) is 8.17. The second-order valence-corrected chi connectivity index (χ2v) is 10.7. The Labute approximate surface area is 162 Å². The zero-order chi connectivity index (χ0) is 19.2. The number of aryl methyl sites for hydroxylation is 1. The molecule has 0 saturated heterocycles. The molecule has 1 aromatic carbocycles. The summed E-state index contributed by atoms with van der Waals surface area (Å²) in [6.45, 7) is 6.64. The molecule has 2 aliphatic rings. The third-order valence-corrected chi connectivity index (χ3v) is 7.56. The van der Waals surface area contributed by atoms with Gasteiger partial charge >= 0.3 is 0 Å². The lowest BCUT2D eigenvalue weighted by Gasteiger charge is -2.31. The van der Waals surface area contributed by atoms with E-state index in [0.29, 0.717) is 23.2 Å². The van der Waals surface area contributed by atoms with Crippen LogP contribution in [0.2, 0.25) is 0 Å². The summed E-state index contributed by atoms with van der Waals surface area (Å²) in [5, 5.41) is 4.79. The SMILES string of the molecule is CC(C)(C)c1nn(C2CCCC2)cc1S(=O)(=O)N1CCCc2ccccc21. The van der Waals surface area contributed by atoms with Crippen LogP contribution in [0.4, 0.5) is 5.69 Å². The first-order valence-electron chi connectivity index (χ1n) is 9.99. The second-order valence-electron chi connectivity index (χ2n) is 8.82. The van der Waals surface area contributed by atoms with Crippen LogP contribution >= 0.6 is 0 Å². The number of hydrogen-bond donors (Lipinski definition) is 0. The molecule has 1 aliphatic heterocycles. The standard InChI is InChI=1S/C21H29N3O2S/c1-21(2,3)20-19(15-23(22-20)17-11-5-6-12-17)27(25,26)24-14-8-10-16-9-4-7-13-18(16)24/h4,7,9,13,15,17H,5-6,8,10-12,14H2,1-3H3. The zero-order valence-electron chi connectivity index (χ0n) is 16.5. The lowest BCUT2D eigenvalue weighted by atomic mass is 9.92. The molecule has 1 fully saturated rings. The summed E-state index contributed by atoms with van der Waals surface area (Å²) in [4.78, 5) is 0.374. The molecular weight excluding hydrogens is 358 g/mol. The summed E-state index contributed by atoms with van der Waals surface area (Å²) in [7, 11) is -3.65. The van der Waals surface area contributed by atoms with E-state index in [9.17, 15) is 8.42 Å². The van der Waals surface area contributed by atoms with Crippen LogP contribution in [0.25, 0.3) is 0 Å². The van der Waals surface area contributed by atoms with Gasteiger partial charge in [-0.3, -0.25) is 8.99 Å². The number of hydrogen-bond acceptors (Lipinski definition) is 3. The quantitative estimate of drug-likeness (QED) is 0.782. The first-order valence-corrected chi connectivity index (χ1v) is 11.4. The van der Waals surface area contributed by atoms with Gasteiger partial charge < -0.3 is 0 Å². The van der Waals surface area contributed by atoms with Gasteiger partial charge in [0.15, 0.2) is 0 Å². The van der Waals surface area contributed by atoms with Crippen LogP contribution in [-0.2, 0) is 21.9 Å². The molecule has 0 amide bonds. The fourth-order valence-electron chi connectivity index (χ4n) is 4.31. The van der Waals surface area contributed by atoms with E-state index in [4.69, 9.17) is 5.10 Å². The average molecular weight is 388 g/mol. The Morgan fingerprint density at radius 3 is 2.48 bits per heavy atom. The normalized spacial score (nSPS) is 18.7. The van der Waals surface area contributed by atoms with E-state index in [1.54, 1.807) is 10.5 Å². The number of aromatic nitrogens is 2. The zero-order valence-corrected chi connectivity index (χ0v) is 17.3. The molecule has 27 heavy (non-hydrogen) atoms. The van der Waals surface area contributed by atoms with Gasteiger partial charge in [0.1, 0.15) is 4.90 Å². The first kappa shape index (κ1) is 18.5. The molecule has 2 heterocycles. The van der Waals surface area contributed by atoms with E-state index in [0.717, 1.165) is 36.9 Å². The largest absolute Gasteiger partial charge is 0.268 e. The summed E-state index contributed by atoms with van der Waals surface area (Å²) in [5.41, 5.74) is 2.27. The van der Waals surface area contributed by atoms with Crippen LogP contribution in [0.1, 0.15) is 70.2 Å². The molecule has 0 radical (unpaired) electrons. The van der Waals surface area contributed by atoms with E-state index in [1.807, 2.05) is 49.7 Å². The summed E-state index contributed by atoms with van der Waals surface area (Å²) in [5.74, 6) is 0. The van der Waals surface area contributed by atoms with Crippen molar-refractivity contribution >= 4 is 15.7 Å². The van der Waals surface area contributed by atoms with Gasteiger partial charge in [-0.25, -0.2) is 8.42 Å². The van der Waals surface area contributed by atoms with Crippen molar-refractivity contribution in [1.29, 1.82) is 0 Å². The lowest BCUT2D eigenvalue weighted by molar-refractivity contribution is 0.448. The third-order valence-electron chi connectivity index (χ3n) is 5.74. The molecule has 1 aliphatic carbocycles. The highest BCUT2D eigenvalue weighted by Crippen LogP contribution is 2.37. The van der Waals surface area contributed by atoms with Crippen molar-refractivity contribution in [3.05, 3.63) is 41.7 Å². The molecule has 0 N–H and O–H groups in total. The van der Waals surface area contributed by atoms with Crippen LogP contribution in [0.5, 0.6) is 0 Å². The lowest BCUT2D eigenvalue weighted by Crippen LogP contribution is -2.36. The third kappa shape index (κ3) is 3.28. The molecule has 1 aromatic heterocycles. The number of nitrogens with zero attached hydrogens (tertiary/aromatic N) is 3. The van der Waals surface area contributed by atoms with Gasteiger partial charge in [0.05, 0.1) is 17.4 Å². The summed E-state index contributed by atoms with van der Waals surface area (Å²) in [6.07, 6.45) is 8.11. The number of rotatable bonds is 3. The van der Waals surface area contributed by atoms with E-state index in [2.05, 4.69) is 0 Å². The van der Waals surface area contributed by atoms with E-state index in [1.165, 1.54) is 12.8 Å². The molecular formula is C21H29N3O2S. The van der Waals surface area contributed by atoms with Gasteiger partial charge in [-0.1, -0.05) is 51.8 Å². The molecule has 5 nitrogen and oxygen atoms in total. The highest BCUT2D eigenvalue weighted by Gasteiger charge is 2.36. The van der Waals surface area contributed by atoms with Gasteiger partial charge in [0.2, 0.25) is 0 Å². The van der Waals surface area contributed by atoms with Crippen molar-refractivity contribution in [3.8, 4) is 0 Å². The Hall–Kier alpha value is -1.82. The Bertz CT molecular complexity index is 935. The van der Waals surface area contributed by atoms with Gasteiger partial charge in [-0.2, -0.15) is 5.10 Å². The van der Waals surface area contributed by atoms with Crippen molar-refractivity contribution in [1.82, 2.24) is 9.78 Å². The number of fused-ring (bicyclic) bond motifs is 1. The summed E-state index contributed by atoms with van der Waals surface area (Å²) >= 11 is 0. The topological polar surface area (TPSA) is 55.2 Å². The molecule has 0 spiro atoms. The molecule has 146 valence electrons. The molecule has 4 rings (SSSR count). The smallest absolute Gasteiger partial charge is 0.267 e. The van der Waals surface area contributed by atoms with Crippen molar-refractivity contribution in [2.75, 3.05) is 10.8 Å². The monoisotopic (exact) mass is 387 g/mol. The van der Waals surface area contributed by atoms with Crippen LogP contribution in [-0.4, -0.2) is 24.7 Å².